The molecule has 0 unspecified atom stereocenters. The Balaban J connectivity index is 1.16. The zero-order valence-corrected chi connectivity index (χ0v) is 19.8. The zero-order valence-electron chi connectivity index (χ0n) is 19.8. The molecule has 5 rings (SSSR count). The Kier molecular flexibility index (Phi) is 5.93. The van der Waals surface area contributed by atoms with Crippen molar-refractivity contribution >= 4 is 22.5 Å². The van der Waals surface area contributed by atoms with E-state index in [9.17, 15) is 18.0 Å². The molecule has 2 aliphatic rings. The van der Waals surface area contributed by atoms with E-state index >= 15 is 0 Å². The van der Waals surface area contributed by atoms with Crippen LogP contribution in [-0.2, 0) is 11.0 Å². The molecule has 5 nitrogen and oxygen atoms in total. The van der Waals surface area contributed by atoms with Crippen molar-refractivity contribution in [2.24, 2.45) is 5.41 Å². The Bertz CT molecular complexity index is 1210. The van der Waals surface area contributed by atoms with Gasteiger partial charge in [0, 0.05) is 36.6 Å². The third kappa shape index (κ3) is 5.11. The van der Waals surface area contributed by atoms with E-state index in [0.717, 1.165) is 72.3 Å². The molecule has 2 aromatic carbocycles. The summed E-state index contributed by atoms with van der Waals surface area (Å²) in [7, 11) is 0. The van der Waals surface area contributed by atoms with Gasteiger partial charge in [-0.15, -0.1) is 0 Å². The van der Waals surface area contributed by atoms with Crippen LogP contribution in [-0.4, -0.2) is 29.6 Å². The van der Waals surface area contributed by atoms with E-state index in [0.29, 0.717) is 0 Å². The van der Waals surface area contributed by atoms with Crippen LogP contribution in [0.3, 0.4) is 0 Å². The number of nitrogens with one attached hydrogen (secondary N) is 3. The van der Waals surface area contributed by atoms with Gasteiger partial charge in [-0.2, -0.15) is 13.2 Å². The largest absolute Gasteiger partial charge is 0.490 e. The number of amides is 1. The minimum absolute atomic E-state index is 0.0197. The summed E-state index contributed by atoms with van der Waals surface area (Å²) in [6.45, 7) is 4.60. The van der Waals surface area contributed by atoms with Crippen molar-refractivity contribution in [2.45, 2.75) is 63.8 Å². The topological polar surface area (TPSA) is 66.2 Å². The molecule has 1 aromatic heterocycles. The van der Waals surface area contributed by atoms with Crippen molar-refractivity contribution in [3.8, 4) is 5.75 Å². The summed E-state index contributed by atoms with van der Waals surface area (Å²) >= 11 is 0. The number of aromatic amines is 1. The summed E-state index contributed by atoms with van der Waals surface area (Å²) in [5, 5.41) is 7.60. The fourth-order valence-corrected chi connectivity index (χ4v) is 5.36. The number of fused-ring (bicyclic) bond motifs is 1. The molecule has 0 atom stereocenters. The number of rotatable bonds is 7. The Morgan fingerprint density at radius 1 is 1.14 bits per heavy atom. The Morgan fingerprint density at radius 3 is 2.51 bits per heavy atom. The van der Waals surface area contributed by atoms with Crippen molar-refractivity contribution in [1.82, 2.24) is 10.3 Å². The second kappa shape index (κ2) is 8.81. The number of carbonyl (C=O) groups excluding carboxylic acids is 1. The van der Waals surface area contributed by atoms with E-state index in [1.54, 1.807) is 19.1 Å². The molecule has 2 fully saturated rings. The van der Waals surface area contributed by atoms with Gasteiger partial charge in [-0.05, 0) is 72.9 Å². The molecule has 186 valence electrons. The molecule has 0 bridgehead atoms. The highest BCUT2D eigenvalue weighted by atomic mass is 19.4. The van der Waals surface area contributed by atoms with Gasteiger partial charge in [0.2, 0.25) is 5.91 Å². The van der Waals surface area contributed by atoms with Gasteiger partial charge in [0.05, 0.1) is 17.4 Å². The summed E-state index contributed by atoms with van der Waals surface area (Å²) < 4.78 is 44.5. The van der Waals surface area contributed by atoms with Crippen molar-refractivity contribution in [3.63, 3.8) is 0 Å². The molecule has 3 N–H and O–H groups in total. The first-order valence-corrected chi connectivity index (χ1v) is 12.0. The quantitative estimate of drug-likeness (QED) is 0.372. The Morgan fingerprint density at radius 2 is 1.86 bits per heavy atom. The first-order valence-electron chi connectivity index (χ1n) is 12.0. The summed E-state index contributed by atoms with van der Waals surface area (Å²) in [6, 6.07) is 11.7. The van der Waals surface area contributed by atoms with Gasteiger partial charge >= 0.3 is 6.18 Å². The number of aromatic nitrogens is 1. The molecule has 0 saturated heterocycles. The number of anilines is 1. The minimum Gasteiger partial charge on any atom is -0.490 e. The van der Waals surface area contributed by atoms with Crippen LogP contribution >= 0.6 is 0 Å². The van der Waals surface area contributed by atoms with E-state index in [1.165, 1.54) is 0 Å². The normalized spacial score (nSPS) is 26.0. The number of hydrogen-bond donors (Lipinski definition) is 3. The molecular weight excluding hydrogens is 455 g/mol. The lowest BCUT2D eigenvalue weighted by molar-refractivity contribution is -0.137. The van der Waals surface area contributed by atoms with E-state index in [-0.39, 0.29) is 29.4 Å². The molecule has 2 saturated carbocycles. The highest BCUT2D eigenvalue weighted by Gasteiger charge is 2.40. The number of carbonyl (C=O) groups is 1. The first-order chi connectivity index (χ1) is 16.6. The summed E-state index contributed by atoms with van der Waals surface area (Å²) in [5.74, 6) is 1.03. The smallest absolute Gasteiger partial charge is 0.416 e. The lowest BCUT2D eigenvalue weighted by atomic mass is 9.66. The summed E-state index contributed by atoms with van der Waals surface area (Å²) in [5.41, 5.74) is 2.49. The third-order valence-electron chi connectivity index (χ3n) is 7.35. The second-order valence-electron chi connectivity index (χ2n) is 10.4. The number of hydrogen-bond acceptors (Lipinski definition) is 3. The molecule has 8 heteroatoms. The molecule has 0 radical (unpaired) electrons. The van der Waals surface area contributed by atoms with Gasteiger partial charge in [-0.3, -0.25) is 4.79 Å². The van der Waals surface area contributed by atoms with Gasteiger partial charge < -0.3 is 20.4 Å². The van der Waals surface area contributed by atoms with Gasteiger partial charge in [-0.1, -0.05) is 19.1 Å². The number of alkyl halides is 3. The maximum Gasteiger partial charge on any atom is 0.416 e. The molecule has 0 aliphatic heterocycles. The van der Waals surface area contributed by atoms with Crippen LogP contribution in [0.4, 0.5) is 18.9 Å². The van der Waals surface area contributed by atoms with E-state index in [2.05, 4.69) is 22.5 Å². The number of benzene rings is 2. The van der Waals surface area contributed by atoms with Crippen LogP contribution in [0, 0.1) is 5.41 Å². The van der Waals surface area contributed by atoms with Crippen LogP contribution in [0.2, 0.25) is 0 Å². The average Bonchev–Trinajstić information content (AvgIpc) is 3.15. The predicted molar refractivity (Wildman–Crippen MR) is 130 cm³/mol. The molecule has 35 heavy (non-hydrogen) atoms. The predicted octanol–water partition coefficient (Wildman–Crippen LogP) is 6.23. The fraction of sp³-hybridized carbons (Fsp3) is 0.444. The maximum absolute atomic E-state index is 12.8. The average molecular weight is 486 g/mol. The zero-order chi connectivity index (χ0) is 24.8. The Labute approximate surface area is 202 Å². The van der Waals surface area contributed by atoms with Gasteiger partial charge in [0.25, 0.3) is 0 Å². The van der Waals surface area contributed by atoms with E-state index < -0.39 is 11.7 Å². The number of halogens is 3. The first kappa shape index (κ1) is 23.6. The lowest BCUT2D eigenvalue weighted by Gasteiger charge is -2.45. The summed E-state index contributed by atoms with van der Waals surface area (Å²) in [4.78, 5) is 14.5. The van der Waals surface area contributed by atoms with Gasteiger partial charge in [0.15, 0.2) is 0 Å². The molecule has 1 heterocycles. The van der Waals surface area contributed by atoms with Crippen LogP contribution in [0.5, 0.6) is 5.75 Å². The molecule has 2 aliphatic carbocycles. The van der Waals surface area contributed by atoms with Crippen molar-refractivity contribution in [3.05, 3.63) is 59.8 Å². The standard InChI is InChI=1S/C27H30F3N3O2/c1-16(34)33-20-12-26(2,13-20)15-32-25-14-31-24-8-7-21(11-23(24)25)35-22-9-18(10-22)17-3-5-19(6-4-17)27(28,29)30/h3-8,11,14,18,20,22,31-32H,9-10,12-13,15H2,1-2H3,(H,33,34)/t18-,20-,22+,26+. The maximum atomic E-state index is 12.8. The number of H-pyrrole nitrogens is 1. The van der Waals surface area contributed by atoms with E-state index in [1.807, 2.05) is 24.4 Å². The van der Waals surface area contributed by atoms with Crippen LogP contribution in [0.15, 0.2) is 48.7 Å². The van der Waals surface area contributed by atoms with Crippen LogP contribution in [0.1, 0.15) is 56.6 Å². The number of ether oxygens (including phenoxy) is 1. The van der Waals surface area contributed by atoms with Crippen molar-refractivity contribution in [1.29, 1.82) is 0 Å². The SMILES string of the molecule is CC(=O)N[C@H]1C[C@@](C)(CNc2c[nH]c3ccc(O[C@H]4C[C@@H](c5ccc(C(F)(F)F)cc5)C4)cc23)C1. The highest BCUT2D eigenvalue weighted by Crippen LogP contribution is 2.42. The summed E-state index contributed by atoms with van der Waals surface area (Å²) in [6.07, 6.45) is 1.20. The van der Waals surface area contributed by atoms with Gasteiger partial charge in [-0.25, -0.2) is 0 Å². The van der Waals surface area contributed by atoms with Crippen molar-refractivity contribution < 1.29 is 22.7 Å². The monoisotopic (exact) mass is 485 g/mol. The van der Waals surface area contributed by atoms with Gasteiger partial charge in [0.1, 0.15) is 5.75 Å². The molecule has 1 amide bonds. The van der Waals surface area contributed by atoms with E-state index in [4.69, 9.17) is 4.74 Å². The molecule has 0 spiro atoms. The molecule has 3 aromatic rings. The Hall–Kier alpha value is -3.16. The van der Waals surface area contributed by atoms with Crippen LogP contribution < -0.4 is 15.4 Å². The van der Waals surface area contributed by atoms with Crippen molar-refractivity contribution in [2.75, 3.05) is 11.9 Å². The third-order valence-corrected chi connectivity index (χ3v) is 7.35. The molecular formula is C27H30F3N3O2. The second-order valence-corrected chi connectivity index (χ2v) is 10.4. The van der Waals surface area contributed by atoms with Crippen LogP contribution in [0.25, 0.3) is 10.9 Å². The fourth-order valence-electron chi connectivity index (χ4n) is 5.36. The highest BCUT2D eigenvalue weighted by molar-refractivity contribution is 5.93. The lowest BCUT2D eigenvalue weighted by Crippen LogP contribution is -2.51. The minimum atomic E-state index is -4.31.